The Morgan fingerprint density at radius 3 is 2.52 bits per heavy atom. The first-order chi connectivity index (χ1) is 9.93. The summed E-state index contributed by atoms with van der Waals surface area (Å²) in [6.45, 7) is 3.63. The lowest BCUT2D eigenvalue weighted by atomic mass is 9.93. The fraction of sp³-hybridized carbons (Fsp3) is 0.467. The van der Waals surface area contributed by atoms with Gasteiger partial charge in [-0.3, -0.25) is 4.79 Å². The van der Waals surface area contributed by atoms with Gasteiger partial charge in [-0.1, -0.05) is 31.5 Å². The molecule has 0 aromatic heterocycles. The van der Waals surface area contributed by atoms with Crippen molar-refractivity contribution in [2.75, 3.05) is 6.61 Å². The second-order valence-electron chi connectivity index (χ2n) is 4.70. The summed E-state index contributed by atoms with van der Waals surface area (Å²) in [5, 5.41) is 12.4. The van der Waals surface area contributed by atoms with Crippen LogP contribution in [0.5, 0.6) is 5.75 Å². The van der Waals surface area contributed by atoms with Crippen LogP contribution in [-0.2, 0) is 9.59 Å². The molecule has 1 aromatic rings. The number of ether oxygens (including phenoxy) is 1. The Hall–Kier alpha value is -1.75. The van der Waals surface area contributed by atoms with E-state index < -0.39 is 11.5 Å². The smallest absolute Gasteiger partial charge is 0.329 e. The zero-order valence-corrected chi connectivity index (χ0v) is 12.9. The summed E-state index contributed by atoms with van der Waals surface area (Å²) in [4.78, 5) is 23.1. The van der Waals surface area contributed by atoms with Crippen molar-refractivity contribution in [3.63, 3.8) is 0 Å². The van der Waals surface area contributed by atoms with Crippen LogP contribution in [0, 0.1) is 0 Å². The van der Waals surface area contributed by atoms with Gasteiger partial charge in [0.1, 0.15) is 11.3 Å². The highest BCUT2D eigenvalue weighted by Crippen LogP contribution is 2.18. The summed E-state index contributed by atoms with van der Waals surface area (Å²) in [6.07, 6.45) is 0.751. The molecule has 0 saturated heterocycles. The van der Waals surface area contributed by atoms with Gasteiger partial charge in [0.25, 0.3) is 0 Å². The average molecular weight is 314 g/mol. The van der Waals surface area contributed by atoms with Crippen molar-refractivity contribution in [3.8, 4) is 5.75 Å². The summed E-state index contributed by atoms with van der Waals surface area (Å²) in [7, 11) is 0. The molecule has 6 heteroatoms. The second-order valence-corrected chi connectivity index (χ2v) is 5.13. The van der Waals surface area contributed by atoms with E-state index in [2.05, 4.69) is 5.32 Å². The van der Waals surface area contributed by atoms with E-state index in [4.69, 9.17) is 16.3 Å². The second kappa shape index (κ2) is 7.88. The number of nitrogens with one attached hydrogen (secondary N) is 1. The number of carboxylic acids is 1. The predicted octanol–water partition coefficient (Wildman–Crippen LogP) is 2.87. The monoisotopic (exact) mass is 313 g/mol. The molecule has 0 saturated carbocycles. The van der Waals surface area contributed by atoms with Gasteiger partial charge in [-0.05, 0) is 31.0 Å². The van der Waals surface area contributed by atoms with Gasteiger partial charge in [-0.15, -0.1) is 0 Å². The van der Waals surface area contributed by atoms with E-state index in [9.17, 15) is 14.7 Å². The molecule has 0 atom stereocenters. The molecule has 0 spiro atoms. The van der Waals surface area contributed by atoms with E-state index >= 15 is 0 Å². The van der Waals surface area contributed by atoms with Crippen molar-refractivity contribution in [1.82, 2.24) is 5.32 Å². The van der Waals surface area contributed by atoms with E-state index in [-0.39, 0.29) is 18.9 Å². The Bertz CT molecular complexity index is 500. The van der Waals surface area contributed by atoms with Crippen LogP contribution in [0.2, 0.25) is 5.02 Å². The summed E-state index contributed by atoms with van der Waals surface area (Å²) in [6, 6.07) is 6.87. The minimum absolute atomic E-state index is 0.0849. The van der Waals surface area contributed by atoms with Gasteiger partial charge in [-0.2, -0.15) is 0 Å². The normalized spacial score (nSPS) is 11.0. The molecule has 0 radical (unpaired) electrons. The number of benzene rings is 1. The van der Waals surface area contributed by atoms with E-state index in [1.165, 1.54) is 0 Å². The summed E-state index contributed by atoms with van der Waals surface area (Å²) in [5.41, 5.74) is -1.20. The van der Waals surface area contributed by atoms with Gasteiger partial charge in [-0.25, -0.2) is 4.79 Å². The maximum Gasteiger partial charge on any atom is 0.329 e. The molecule has 0 aliphatic carbocycles. The van der Waals surface area contributed by atoms with Crippen molar-refractivity contribution in [1.29, 1.82) is 0 Å². The molecule has 5 nitrogen and oxygen atoms in total. The topological polar surface area (TPSA) is 75.6 Å². The lowest BCUT2D eigenvalue weighted by Gasteiger charge is -2.28. The van der Waals surface area contributed by atoms with Gasteiger partial charge < -0.3 is 15.2 Å². The third kappa shape index (κ3) is 4.93. The summed E-state index contributed by atoms with van der Waals surface area (Å²) >= 11 is 5.82. The quantitative estimate of drug-likeness (QED) is 0.774. The van der Waals surface area contributed by atoms with Crippen LogP contribution < -0.4 is 10.1 Å². The third-order valence-corrected chi connectivity index (χ3v) is 3.62. The van der Waals surface area contributed by atoms with Crippen molar-refractivity contribution in [3.05, 3.63) is 29.3 Å². The van der Waals surface area contributed by atoms with Crippen LogP contribution in [0.3, 0.4) is 0 Å². The van der Waals surface area contributed by atoms with Crippen LogP contribution in [0.4, 0.5) is 0 Å². The molecule has 1 amide bonds. The highest BCUT2D eigenvalue weighted by atomic mass is 35.5. The standard InChI is InChI=1S/C15H20ClNO4/c1-3-15(4-2,14(19)20)17-13(18)8-9-21-12-7-5-6-11(16)10-12/h5-7,10H,3-4,8-9H2,1-2H3,(H,17,18)(H,19,20). The Labute approximate surface area is 129 Å². The van der Waals surface area contributed by atoms with Crippen molar-refractivity contribution >= 4 is 23.5 Å². The minimum Gasteiger partial charge on any atom is -0.493 e. The Balaban J connectivity index is 2.48. The van der Waals surface area contributed by atoms with Crippen LogP contribution >= 0.6 is 11.6 Å². The zero-order valence-electron chi connectivity index (χ0n) is 12.2. The fourth-order valence-electron chi connectivity index (χ4n) is 1.93. The molecule has 0 fully saturated rings. The summed E-state index contributed by atoms with van der Waals surface area (Å²) in [5.74, 6) is -0.787. The molecule has 0 unspecified atom stereocenters. The summed E-state index contributed by atoms with van der Waals surface area (Å²) < 4.78 is 5.41. The molecule has 21 heavy (non-hydrogen) atoms. The third-order valence-electron chi connectivity index (χ3n) is 3.39. The molecular weight excluding hydrogens is 294 g/mol. The van der Waals surface area contributed by atoms with Crippen molar-refractivity contribution in [2.24, 2.45) is 0 Å². The average Bonchev–Trinajstić information content (AvgIpc) is 2.44. The van der Waals surface area contributed by atoms with E-state index in [1.807, 2.05) is 0 Å². The number of carboxylic acid groups (broad SMARTS) is 1. The van der Waals surface area contributed by atoms with Gasteiger partial charge >= 0.3 is 5.97 Å². The SMILES string of the molecule is CCC(CC)(NC(=O)CCOc1cccc(Cl)c1)C(=O)O. The predicted molar refractivity (Wildman–Crippen MR) is 80.7 cm³/mol. The van der Waals surface area contributed by atoms with Crippen LogP contribution in [0.25, 0.3) is 0 Å². The van der Waals surface area contributed by atoms with Crippen LogP contribution in [0.15, 0.2) is 24.3 Å². The highest BCUT2D eigenvalue weighted by Gasteiger charge is 2.36. The number of hydrogen-bond donors (Lipinski definition) is 2. The van der Waals surface area contributed by atoms with E-state index in [1.54, 1.807) is 38.1 Å². The Kier molecular flexibility index (Phi) is 6.49. The van der Waals surface area contributed by atoms with Crippen LogP contribution in [0.1, 0.15) is 33.1 Å². The number of carbonyl (C=O) groups excluding carboxylic acids is 1. The van der Waals surface area contributed by atoms with Gasteiger partial charge in [0.2, 0.25) is 5.91 Å². The lowest BCUT2D eigenvalue weighted by Crippen LogP contribution is -2.53. The first kappa shape index (κ1) is 17.3. The van der Waals surface area contributed by atoms with Gasteiger partial charge in [0, 0.05) is 5.02 Å². The van der Waals surface area contributed by atoms with Gasteiger partial charge in [0.05, 0.1) is 13.0 Å². The number of hydrogen-bond acceptors (Lipinski definition) is 3. The molecule has 116 valence electrons. The number of rotatable bonds is 8. The Morgan fingerprint density at radius 2 is 2.00 bits per heavy atom. The lowest BCUT2D eigenvalue weighted by molar-refractivity contribution is -0.148. The molecule has 0 bridgehead atoms. The highest BCUT2D eigenvalue weighted by molar-refractivity contribution is 6.30. The molecule has 0 aliphatic heterocycles. The van der Waals surface area contributed by atoms with E-state index in [0.717, 1.165) is 0 Å². The van der Waals surface area contributed by atoms with Gasteiger partial charge in [0.15, 0.2) is 0 Å². The molecule has 1 rings (SSSR count). The van der Waals surface area contributed by atoms with Crippen LogP contribution in [-0.4, -0.2) is 29.1 Å². The zero-order chi connectivity index (χ0) is 15.9. The largest absolute Gasteiger partial charge is 0.493 e. The molecule has 1 aromatic carbocycles. The van der Waals surface area contributed by atoms with Crippen molar-refractivity contribution < 1.29 is 19.4 Å². The number of carbonyl (C=O) groups is 2. The minimum atomic E-state index is -1.20. The first-order valence-corrected chi connectivity index (χ1v) is 7.24. The number of aliphatic carboxylic acids is 1. The number of halogens is 1. The fourth-order valence-corrected chi connectivity index (χ4v) is 2.11. The molecule has 0 heterocycles. The Morgan fingerprint density at radius 1 is 1.33 bits per heavy atom. The maximum atomic E-state index is 11.9. The van der Waals surface area contributed by atoms with Crippen molar-refractivity contribution in [2.45, 2.75) is 38.6 Å². The van der Waals surface area contributed by atoms with E-state index in [0.29, 0.717) is 23.6 Å². The maximum absolute atomic E-state index is 11.9. The molecule has 0 aliphatic rings. The molecular formula is C15H20ClNO4. The molecule has 2 N–H and O–H groups in total. The number of amides is 1. The first-order valence-electron chi connectivity index (χ1n) is 6.86.